The van der Waals surface area contributed by atoms with Crippen molar-refractivity contribution < 1.29 is 0 Å². The number of rotatable bonds is 1. The molecule has 0 nitrogen and oxygen atoms in total. The van der Waals surface area contributed by atoms with Gasteiger partial charge in [0.15, 0.2) is 0 Å². The van der Waals surface area contributed by atoms with Crippen LogP contribution in [0.5, 0.6) is 0 Å². The zero-order chi connectivity index (χ0) is 10.8. The Kier molecular flexibility index (Phi) is 1.79. The molecule has 84 valence electrons. The van der Waals surface area contributed by atoms with Crippen molar-refractivity contribution in [2.45, 2.75) is 53.4 Å². The van der Waals surface area contributed by atoms with Gasteiger partial charge in [-0.3, -0.25) is 0 Å². The first-order valence-electron chi connectivity index (χ1n) is 6.67. The summed E-state index contributed by atoms with van der Waals surface area (Å²) >= 11 is 0. The Morgan fingerprint density at radius 1 is 1.33 bits per heavy atom. The highest BCUT2D eigenvalue weighted by Crippen LogP contribution is 2.74. The highest BCUT2D eigenvalue weighted by Gasteiger charge is 2.66. The Morgan fingerprint density at radius 2 is 2.07 bits per heavy atom. The van der Waals surface area contributed by atoms with Gasteiger partial charge in [0.25, 0.3) is 0 Å². The van der Waals surface area contributed by atoms with Gasteiger partial charge in [0.1, 0.15) is 0 Å². The monoisotopic (exact) mass is 204 g/mol. The normalized spacial score (nSPS) is 52.5. The van der Waals surface area contributed by atoms with Gasteiger partial charge in [-0.25, -0.2) is 0 Å². The van der Waals surface area contributed by atoms with Crippen molar-refractivity contribution in [2.75, 3.05) is 0 Å². The molecule has 3 aliphatic carbocycles. The quantitative estimate of drug-likeness (QED) is 0.555. The summed E-state index contributed by atoms with van der Waals surface area (Å²) in [6.45, 7) is 9.88. The molecule has 4 bridgehead atoms. The Hall–Kier alpha value is -0.260. The minimum absolute atomic E-state index is 0.684. The van der Waals surface area contributed by atoms with E-state index >= 15 is 0 Å². The third-order valence-electron chi connectivity index (χ3n) is 6.24. The van der Waals surface area contributed by atoms with Gasteiger partial charge >= 0.3 is 0 Å². The fraction of sp³-hybridized carbons (Fsp3) is 0.867. The molecule has 2 saturated carbocycles. The van der Waals surface area contributed by atoms with E-state index in [1.165, 1.54) is 25.7 Å². The molecule has 0 aliphatic heterocycles. The van der Waals surface area contributed by atoms with Gasteiger partial charge in [0.05, 0.1) is 0 Å². The first-order chi connectivity index (χ1) is 7.01. The van der Waals surface area contributed by atoms with Gasteiger partial charge in [-0.15, -0.1) is 0 Å². The molecule has 3 aliphatic rings. The Labute approximate surface area is 94.1 Å². The van der Waals surface area contributed by atoms with Gasteiger partial charge in [0, 0.05) is 0 Å². The third kappa shape index (κ3) is 0.946. The van der Waals surface area contributed by atoms with E-state index in [0.29, 0.717) is 10.8 Å². The number of allylic oxidation sites excluding steroid dienone is 2. The lowest BCUT2D eigenvalue weighted by atomic mass is 9.59. The van der Waals surface area contributed by atoms with Gasteiger partial charge in [-0.2, -0.15) is 0 Å². The molecular formula is C15H24. The number of hydrogen-bond acceptors (Lipinski definition) is 0. The highest BCUT2D eigenvalue weighted by molar-refractivity contribution is 5.27. The summed E-state index contributed by atoms with van der Waals surface area (Å²) in [5, 5.41) is 0. The minimum Gasteiger partial charge on any atom is -0.0850 e. The molecule has 0 amide bonds. The Bertz CT molecular complexity index is 325. The fourth-order valence-corrected chi connectivity index (χ4v) is 5.45. The predicted octanol–water partition coefficient (Wildman–Crippen LogP) is 4.42. The van der Waals surface area contributed by atoms with Crippen molar-refractivity contribution in [3.63, 3.8) is 0 Å². The van der Waals surface area contributed by atoms with Crippen molar-refractivity contribution in [1.82, 2.24) is 0 Å². The van der Waals surface area contributed by atoms with Crippen molar-refractivity contribution in [3.8, 4) is 0 Å². The minimum atomic E-state index is 0.684. The molecule has 3 rings (SSSR count). The molecule has 0 saturated heterocycles. The smallest absolute Gasteiger partial charge is 0.0139 e. The predicted molar refractivity (Wildman–Crippen MR) is 64.6 cm³/mol. The second-order valence-electron chi connectivity index (χ2n) is 6.91. The third-order valence-corrected chi connectivity index (χ3v) is 6.24. The van der Waals surface area contributed by atoms with Crippen molar-refractivity contribution in [1.29, 1.82) is 0 Å². The zero-order valence-electron chi connectivity index (χ0n) is 10.6. The van der Waals surface area contributed by atoms with Crippen LogP contribution in [-0.2, 0) is 0 Å². The molecule has 0 aromatic heterocycles. The Morgan fingerprint density at radius 3 is 2.67 bits per heavy atom. The van der Waals surface area contributed by atoms with Crippen LogP contribution in [0.4, 0.5) is 0 Å². The Balaban J connectivity index is 2.12. The van der Waals surface area contributed by atoms with E-state index in [1.807, 2.05) is 0 Å². The van der Waals surface area contributed by atoms with Gasteiger partial charge in [0.2, 0.25) is 0 Å². The average Bonchev–Trinajstić information content (AvgIpc) is 2.56. The SMILES string of the molecule is CC1=CC[C@H]2[C@@]3(C)CC[C@]2(C(C)C)[C@@H]1C3. The molecule has 0 unspecified atom stereocenters. The van der Waals surface area contributed by atoms with E-state index in [1.54, 1.807) is 5.57 Å². The van der Waals surface area contributed by atoms with Crippen LogP contribution in [0.25, 0.3) is 0 Å². The molecule has 0 radical (unpaired) electrons. The number of hydrogen-bond donors (Lipinski definition) is 0. The summed E-state index contributed by atoms with van der Waals surface area (Å²) in [4.78, 5) is 0. The molecule has 0 aromatic carbocycles. The first-order valence-corrected chi connectivity index (χ1v) is 6.67. The van der Waals surface area contributed by atoms with Crippen LogP contribution < -0.4 is 0 Å². The van der Waals surface area contributed by atoms with E-state index in [-0.39, 0.29) is 0 Å². The fourth-order valence-electron chi connectivity index (χ4n) is 5.45. The van der Waals surface area contributed by atoms with Crippen LogP contribution in [0, 0.1) is 28.6 Å². The molecule has 0 heteroatoms. The van der Waals surface area contributed by atoms with Crippen molar-refractivity contribution in [3.05, 3.63) is 11.6 Å². The van der Waals surface area contributed by atoms with Crippen LogP contribution in [0.2, 0.25) is 0 Å². The average molecular weight is 204 g/mol. The summed E-state index contributed by atoms with van der Waals surface area (Å²) in [5.41, 5.74) is 3.08. The van der Waals surface area contributed by atoms with Crippen LogP contribution in [-0.4, -0.2) is 0 Å². The van der Waals surface area contributed by atoms with Gasteiger partial charge in [-0.1, -0.05) is 32.4 Å². The van der Waals surface area contributed by atoms with E-state index in [0.717, 1.165) is 17.8 Å². The lowest BCUT2D eigenvalue weighted by Crippen LogP contribution is -2.38. The standard InChI is InChI=1S/C15H24/c1-10(2)15-8-7-14(4)9-12(15)11(3)5-6-13(14)15/h5,10,12-13H,6-9H2,1-4H3/t12-,13+,14+,15+/m1/s1. The molecule has 0 N–H and O–H groups in total. The maximum absolute atomic E-state index is 2.56. The van der Waals surface area contributed by atoms with Gasteiger partial charge in [-0.05, 0) is 61.2 Å². The summed E-state index contributed by atoms with van der Waals surface area (Å²) in [6.07, 6.45) is 8.40. The topological polar surface area (TPSA) is 0 Å². The molecular weight excluding hydrogens is 180 g/mol. The zero-order valence-corrected chi connectivity index (χ0v) is 10.6. The summed E-state index contributed by atoms with van der Waals surface area (Å²) in [6, 6.07) is 0. The molecule has 15 heavy (non-hydrogen) atoms. The van der Waals surface area contributed by atoms with Crippen molar-refractivity contribution >= 4 is 0 Å². The molecule has 2 fully saturated rings. The van der Waals surface area contributed by atoms with Crippen LogP contribution >= 0.6 is 0 Å². The maximum atomic E-state index is 2.56. The molecule has 0 aromatic rings. The summed E-state index contributed by atoms with van der Waals surface area (Å²) < 4.78 is 0. The largest absolute Gasteiger partial charge is 0.0850 e. The molecule has 4 atom stereocenters. The van der Waals surface area contributed by atoms with Gasteiger partial charge < -0.3 is 0 Å². The lowest BCUT2D eigenvalue weighted by molar-refractivity contribution is 0.0827. The highest BCUT2D eigenvalue weighted by atomic mass is 14.7. The van der Waals surface area contributed by atoms with E-state index < -0.39 is 0 Å². The summed E-state index contributed by atoms with van der Waals surface area (Å²) in [5.74, 6) is 2.80. The summed E-state index contributed by atoms with van der Waals surface area (Å²) in [7, 11) is 0. The molecule has 0 heterocycles. The molecule has 0 spiro atoms. The lowest BCUT2D eigenvalue weighted by Gasteiger charge is -2.45. The van der Waals surface area contributed by atoms with Crippen molar-refractivity contribution in [2.24, 2.45) is 28.6 Å². The van der Waals surface area contributed by atoms with E-state index in [4.69, 9.17) is 0 Å². The van der Waals surface area contributed by atoms with Crippen LogP contribution in [0.3, 0.4) is 0 Å². The van der Waals surface area contributed by atoms with Crippen LogP contribution in [0.15, 0.2) is 11.6 Å². The second kappa shape index (κ2) is 2.70. The van der Waals surface area contributed by atoms with E-state index in [2.05, 4.69) is 33.8 Å². The van der Waals surface area contributed by atoms with Crippen LogP contribution in [0.1, 0.15) is 53.4 Å². The first kappa shape index (κ1) is 9.93. The second-order valence-corrected chi connectivity index (χ2v) is 6.91. The maximum Gasteiger partial charge on any atom is -0.0139 e. The van der Waals surface area contributed by atoms with E-state index in [9.17, 15) is 0 Å².